The van der Waals surface area contributed by atoms with Crippen LogP contribution in [0.15, 0.2) is 0 Å². The number of hydrogen-bond acceptors (Lipinski definition) is 4. The highest BCUT2D eigenvalue weighted by molar-refractivity contribution is 7.91. The van der Waals surface area contributed by atoms with Crippen molar-refractivity contribution in [2.24, 2.45) is 5.92 Å². The van der Waals surface area contributed by atoms with E-state index in [-0.39, 0.29) is 11.5 Å². The quantitative estimate of drug-likeness (QED) is 0.691. The van der Waals surface area contributed by atoms with Gasteiger partial charge in [0.25, 0.3) is 0 Å². The third-order valence-corrected chi connectivity index (χ3v) is 4.00. The molecule has 0 aliphatic carbocycles. The van der Waals surface area contributed by atoms with Gasteiger partial charge in [-0.25, -0.2) is 8.42 Å². The first-order valence-corrected chi connectivity index (χ1v) is 6.38. The molecule has 0 aromatic rings. The Bertz CT molecular complexity index is 297. The van der Waals surface area contributed by atoms with Gasteiger partial charge in [-0.15, -0.1) is 0 Å². The van der Waals surface area contributed by atoms with Crippen LogP contribution in [0.2, 0.25) is 0 Å². The molecule has 82 valence electrons. The molecule has 6 heteroatoms. The van der Waals surface area contributed by atoms with E-state index in [1.165, 1.54) is 0 Å². The maximum absolute atomic E-state index is 11.1. The van der Waals surface area contributed by atoms with Gasteiger partial charge >= 0.3 is 5.97 Å². The predicted octanol–water partition coefficient (Wildman–Crippen LogP) is -0.562. The van der Waals surface area contributed by atoms with Crippen LogP contribution in [0.4, 0.5) is 0 Å². The highest BCUT2D eigenvalue weighted by Crippen LogP contribution is 2.07. The van der Waals surface area contributed by atoms with Gasteiger partial charge in [-0.3, -0.25) is 4.79 Å². The minimum absolute atomic E-state index is 0.152. The molecule has 1 saturated heterocycles. The molecule has 5 nitrogen and oxygen atoms in total. The van der Waals surface area contributed by atoms with E-state index in [0.29, 0.717) is 19.6 Å². The second kappa shape index (κ2) is 4.27. The zero-order chi connectivity index (χ0) is 10.8. The van der Waals surface area contributed by atoms with Crippen molar-refractivity contribution in [2.75, 3.05) is 31.1 Å². The smallest absolute Gasteiger partial charge is 0.307 e. The molecule has 0 bridgehead atoms. The van der Waals surface area contributed by atoms with Crippen molar-refractivity contribution in [3.63, 3.8) is 0 Å². The lowest BCUT2D eigenvalue weighted by Gasteiger charge is -2.27. The number of carbonyl (C=O) groups is 1. The molecular formula is C8H15NO4S. The fourth-order valence-electron chi connectivity index (χ4n) is 1.40. The van der Waals surface area contributed by atoms with Gasteiger partial charge < -0.3 is 10.0 Å². The first-order chi connectivity index (χ1) is 6.41. The predicted molar refractivity (Wildman–Crippen MR) is 51.9 cm³/mol. The summed E-state index contributed by atoms with van der Waals surface area (Å²) in [5, 5.41) is 8.67. The first kappa shape index (κ1) is 11.5. The van der Waals surface area contributed by atoms with Crippen LogP contribution < -0.4 is 0 Å². The molecule has 1 aliphatic rings. The van der Waals surface area contributed by atoms with E-state index in [1.807, 2.05) is 4.90 Å². The number of carboxylic acids is 1. The van der Waals surface area contributed by atoms with Gasteiger partial charge in [-0.05, 0) is 0 Å². The van der Waals surface area contributed by atoms with Crippen molar-refractivity contribution < 1.29 is 18.3 Å². The molecule has 0 spiro atoms. The number of sulfone groups is 1. The molecule has 0 saturated carbocycles. The average Bonchev–Trinajstić information content (AvgIpc) is 2.08. The van der Waals surface area contributed by atoms with Crippen molar-refractivity contribution in [1.82, 2.24) is 4.90 Å². The lowest BCUT2D eigenvalue weighted by atomic mass is 10.2. The maximum Gasteiger partial charge on any atom is 0.307 e. The molecule has 0 radical (unpaired) electrons. The highest BCUT2D eigenvalue weighted by Gasteiger charge is 2.24. The molecule has 0 aromatic heterocycles. The maximum atomic E-state index is 11.1. The number of aliphatic carboxylic acids is 1. The van der Waals surface area contributed by atoms with E-state index in [9.17, 15) is 13.2 Å². The molecule has 1 heterocycles. The average molecular weight is 221 g/mol. The van der Waals surface area contributed by atoms with Gasteiger partial charge in [0.2, 0.25) is 0 Å². The van der Waals surface area contributed by atoms with Crippen LogP contribution >= 0.6 is 0 Å². The minimum Gasteiger partial charge on any atom is -0.481 e. The van der Waals surface area contributed by atoms with Crippen molar-refractivity contribution in [3.8, 4) is 0 Å². The molecule has 1 aliphatic heterocycles. The van der Waals surface area contributed by atoms with Crippen LogP contribution in [-0.4, -0.2) is 55.5 Å². The Labute approximate surface area is 83.6 Å². The number of nitrogens with zero attached hydrogens (tertiary/aromatic N) is 1. The summed E-state index contributed by atoms with van der Waals surface area (Å²) in [4.78, 5) is 12.4. The molecule has 1 atom stereocenters. The SMILES string of the molecule is CC(CN1CCS(=O)(=O)CC1)C(=O)O. The van der Waals surface area contributed by atoms with Crippen molar-refractivity contribution >= 4 is 15.8 Å². The van der Waals surface area contributed by atoms with Crippen LogP contribution in [0.3, 0.4) is 0 Å². The normalized spacial score (nSPS) is 24.4. The number of carboxylic acid groups (broad SMARTS) is 1. The monoisotopic (exact) mass is 221 g/mol. The van der Waals surface area contributed by atoms with E-state index < -0.39 is 21.7 Å². The van der Waals surface area contributed by atoms with Crippen molar-refractivity contribution in [3.05, 3.63) is 0 Å². The zero-order valence-corrected chi connectivity index (χ0v) is 8.96. The van der Waals surface area contributed by atoms with Crippen LogP contribution in [0.25, 0.3) is 0 Å². The molecular weight excluding hydrogens is 206 g/mol. The number of hydrogen-bond donors (Lipinski definition) is 1. The van der Waals surface area contributed by atoms with Gasteiger partial charge in [0.1, 0.15) is 0 Å². The van der Waals surface area contributed by atoms with Gasteiger partial charge in [0, 0.05) is 19.6 Å². The third-order valence-electron chi connectivity index (χ3n) is 2.39. The topological polar surface area (TPSA) is 74.7 Å². The summed E-state index contributed by atoms with van der Waals surface area (Å²) < 4.78 is 22.1. The van der Waals surface area contributed by atoms with Crippen LogP contribution in [0, 0.1) is 5.92 Å². The van der Waals surface area contributed by atoms with E-state index in [0.717, 1.165) is 0 Å². The minimum atomic E-state index is -2.86. The summed E-state index contributed by atoms with van der Waals surface area (Å²) in [6, 6.07) is 0. The van der Waals surface area contributed by atoms with Gasteiger partial charge in [0.05, 0.1) is 17.4 Å². The Hall–Kier alpha value is -0.620. The Balaban J connectivity index is 2.40. The van der Waals surface area contributed by atoms with Gasteiger partial charge in [-0.2, -0.15) is 0 Å². The summed E-state index contributed by atoms with van der Waals surface area (Å²) >= 11 is 0. The van der Waals surface area contributed by atoms with Gasteiger partial charge in [-0.1, -0.05) is 6.92 Å². The van der Waals surface area contributed by atoms with Crippen LogP contribution in [0.1, 0.15) is 6.92 Å². The molecule has 1 fully saturated rings. The van der Waals surface area contributed by atoms with E-state index in [2.05, 4.69) is 0 Å². The second-order valence-electron chi connectivity index (χ2n) is 3.69. The Kier molecular flexibility index (Phi) is 3.49. The summed E-state index contributed by atoms with van der Waals surface area (Å²) in [7, 11) is -2.86. The largest absolute Gasteiger partial charge is 0.481 e. The fourth-order valence-corrected chi connectivity index (χ4v) is 2.68. The second-order valence-corrected chi connectivity index (χ2v) is 6.00. The molecule has 14 heavy (non-hydrogen) atoms. The van der Waals surface area contributed by atoms with E-state index in [4.69, 9.17) is 5.11 Å². The number of rotatable bonds is 3. The zero-order valence-electron chi connectivity index (χ0n) is 8.14. The third kappa shape index (κ3) is 3.26. The Morgan fingerprint density at radius 3 is 2.36 bits per heavy atom. The summed E-state index contributed by atoms with van der Waals surface area (Å²) in [6.45, 7) is 2.98. The molecule has 1 rings (SSSR count). The standard InChI is InChI=1S/C8H15NO4S/c1-7(8(10)11)6-9-2-4-14(12,13)5-3-9/h7H,2-6H2,1H3,(H,10,11). The molecule has 0 amide bonds. The van der Waals surface area contributed by atoms with E-state index in [1.54, 1.807) is 6.92 Å². The Morgan fingerprint density at radius 1 is 1.43 bits per heavy atom. The first-order valence-electron chi connectivity index (χ1n) is 4.56. The van der Waals surface area contributed by atoms with Gasteiger partial charge in [0.15, 0.2) is 9.84 Å². The fraction of sp³-hybridized carbons (Fsp3) is 0.875. The summed E-state index contributed by atoms with van der Waals surface area (Å²) in [5.74, 6) is -0.965. The summed E-state index contributed by atoms with van der Waals surface area (Å²) in [6.07, 6.45) is 0. The van der Waals surface area contributed by atoms with Crippen LogP contribution in [-0.2, 0) is 14.6 Å². The van der Waals surface area contributed by atoms with E-state index >= 15 is 0 Å². The van der Waals surface area contributed by atoms with Crippen LogP contribution in [0.5, 0.6) is 0 Å². The summed E-state index contributed by atoms with van der Waals surface area (Å²) in [5.41, 5.74) is 0. The molecule has 1 N–H and O–H groups in total. The Morgan fingerprint density at radius 2 is 1.93 bits per heavy atom. The lowest BCUT2D eigenvalue weighted by Crippen LogP contribution is -2.43. The highest BCUT2D eigenvalue weighted by atomic mass is 32.2. The van der Waals surface area contributed by atoms with Crippen molar-refractivity contribution in [1.29, 1.82) is 0 Å². The molecule has 0 aromatic carbocycles. The lowest BCUT2D eigenvalue weighted by molar-refractivity contribution is -0.141. The molecule has 1 unspecified atom stereocenters. The van der Waals surface area contributed by atoms with Crippen molar-refractivity contribution in [2.45, 2.75) is 6.92 Å².